The minimum absolute atomic E-state index is 0.0894. The summed E-state index contributed by atoms with van der Waals surface area (Å²) in [5.74, 6) is 0.582. The van der Waals surface area contributed by atoms with Crippen LogP contribution in [0.1, 0.15) is 11.7 Å². The third kappa shape index (κ3) is 4.59. The van der Waals surface area contributed by atoms with Gasteiger partial charge in [-0.3, -0.25) is 9.69 Å². The van der Waals surface area contributed by atoms with Crippen molar-refractivity contribution in [3.8, 4) is 5.75 Å². The standard InChI is InChI=1S/C22H27N3O5S/c1-29-19-9-7-18(8-10-19)22-24(21(26)17-23-13-15-30-16-14-23)11-12-25(22)31(27,28)20-5-3-2-4-6-20/h2-10,22H,11-17H2,1H3/t22-/m1/s1. The molecule has 2 saturated heterocycles. The van der Waals surface area contributed by atoms with E-state index in [9.17, 15) is 13.2 Å². The normalized spacial score (nSPS) is 20.7. The van der Waals surface area contributed by atoms with Gasteiger partial charge in [-0.05, 0) is 29.8 Å². The molecule has 4 rings (SSSR count). The highest BCUT2D eigenvalue weighted by Gasteiger charge is 2.43. The molecule has 2 heterocycles. The van der Waals surface area contributed by atoms with Crippen LogP contribution in [0.4, 0.5) is 0 Å². The summed E-state index contributed by atoms with van der Waals surface area (Å²) in [6.07, 6.45) is -0.704. The molecule has 2 aromatic carbocycles. The van der Waals surface area contributed by atoms with Crippen molar-refractivity contribution in [2.24, 2.45) is 0 Å². The Morgan fingerprint density at radius 3 is 2.32 bits per heavy atom. The number of benzene rings is 2. The van der Waals surface area contributed by atoms with E-state index in [2.05, 4.69) is 0 Å². The molecule has 0 radical (unpaired) electrons. The van der Waals surface area contributed by atoms with Crippen LogP contribution in [-0.2, 0) is 19.6 Å². The van der Waals surface area contributed by atoms with Crippen molar-refractivity contribution >= 4 is 15.9 Å². The number of ether oxygens (including phenoxy) is 2. The Morgan fingerprint density at radius 2 is 1.68 bits per heavy atom. The second-order valence-electron chi connectivity index (χ2n) is 7.55. The quantitative estimate of drug-likeness (QED) is 0.672. The van der Waals surface area contributed by atoms with Gasteiger partial charge >= 0.3 is 0 Å². The maximum absolute atomic E-state index is 13.4. The zero-order chi connectivity index (χ0) is 21.8. The van der Waals surface area contributed by atoms with Crippen molar-refractivity contribution in [2.75, 3.05) is 53.0 Å². The fraction of sp³-hybridized carbons (Fsp3) is 0.409. The number of morpholine rings is 1. The Hall–Kier alpha value is -2.46. The van der Waals surface area contributed by atoms with E-state index in [-0.39, 0.29) is 23.9 Å². The monoisotopic (exact) mass is 445 g/mol. The van der Waals surface area contributed by atoms with E-state index in [1.165, 1.54) is 4.31 Å². The number of rotatable bonds is 6. The Bertz CT molecular complexity index is 992. The van der Waals surface area contributed by atoms with Crippen LogP contribution in [0.25, 0.3) is 0 Å². The van der Waals surface area contributed by atoms with Crippen molar-refractivity contribution in [3.05, 3.63) is 60.2 Å². The second kappa shape index (κ2) is 9.35. The molecule has 1 atom stereocenters. The number of methoxy groups -OCH3 is 1. The van der Waals surface area contributed by atoms with Gasteiger partial charge in [0.05, 0.1) is 31.8 Å². The summed E-state index contributed by atoms with van der Waals surface area (Å²) in [6, 6.07) is 15.5. The van der Waals surface area contributed by atoms with Crippen LogP contribution < -0.4 is 4.74 Å². The van der Waals surface area contributed by atoms with Crippen LogP contribution in [0.3, 0.4) is 0 Å². The van der Waals surface area contributed by atoms with Gasteiger partial charge in [0.25, 0.3) is 0 Å². The van der Waals surface area contributed by atoms with Gasteiger partial charge in [0.2, 0.25) is 15.9 Å². The molecule has 2 aliphatic heterocycles. The molecule has 2 aliphatic rings. The molecule has 2 fully saturated rings. The molecule has 0 bridgehead atoms. The number of sulfonamides is 1. The lowest BCUT2D eigenvalue weighted by Gasteiger charge is -2.32. The lowest BCUT2D eigenvalue weighted by Crippen LogP contribution is -2.45. The van der Waals surface area contributed by atoms with Gasteiger partial charge < -0.3 is 14.4 Å². The predicted molar refractivity (Wildman–Crippen MR) is 115 cm³/mol. The molecule has 0 spiro atoms. The van der Waals surface area contributed by atoms with Crippen molar-refractivity contribution in [3.63, 3.8) is 0 Å². The molecular weight excluding hydrogens is 418 g/mol. The average molecular weight is 446 g/mol. The van der Waals surface area contributed by atoms with Crippen molar-refractivity contribution in [1.82, 2.24) is 14.1 Å². The summed E-state index contributed by atoms with van der Waals surface area (Å²) in [5.41, 5.74) is 0.730. The molecule has 2 aromatic rings. The van der Waals surface area contributed by atoms with Gasteiger partial charge in [-0.2, -0.15) is 4.31 Å². The van der Waals surface area contributed by atoms with E-state index in [1.807, 2.05) is 17.0 Å². The van der Waals surface area contributed by atoms with E-state index in [1.54, 1.807) is 54.5 Å². The number of amides is 1. The smallest absolute Gasteiger partial charge is 0.245 e. The zero-order valence-electron chi connectivity index (χ0n) is 17.5. The lowest BCUT2D eigenvalue weighted by atomic mass is 10.1. The summed E-state index contributed by atoms with van der Waals surface area (Å²) in [7, 11) is -2.20. The lowest BCUT2D eigenvalue weighted by molar-refractivity contribution is -0.135. The Morgan fingerprint density at radius 1 is 1.00 bits per heavy atom. The summed E-state index contributed by atoms with van der Waals surface area (Å²) in [5, 5.41) is 0. The van der Waals surface area contributed by atoms with Crippen LogP contribution in [0.5, 0.6) is 5.75 Å². The summed E-state index contributed by atoms with van der Waals surface area (Å²) >= 11 is 0. The number of nitrogens with zero attached hydrogens (tertiary/aromatic N) is 3. The Labute approximate surface area is 183 Å². The molecule has 166 valence electrons. The van der Waals surface area contributed by atoms with Gasteiger partial charge in [0, 0.05) is 26.2 Å². The predicted octanol–water partition coefficient (Wildman–Crippen LogP) is 1.56. The van der Waals surface area contributed by atoms with Gasteiger partial charge in [0.15, 0.2) is 0 Å². The maximum atomic E-state index is 13.4. The molecule has 0 aromatic heterocycles. The first-order valence-electron chi connectivity index (χ1n) is 10.3. The molecule has 0 saturated carbocycles. The van der Waals surface area contributed by atoms with Gasteiger partial charge in [-0.15, -0.1) is 0 Å². The molecule has 1 amide bonds. The van der Waals surface area contributed by atoms with Crippen LogP contribution in [0, 0.1) is 0 Å². The highest BCUT2D eigenvalue weighted by Crippen LogP contribution is 2.35. The number of carbonyl (C=O) groups excluding carboxylic acids is 1. The van der Waals surface area contributed by atoms with Crippen molar-refractivity contribution in [1.29, 1.82) is 0 Å². The number of hydrogen-bond acceptors (Lipinski definition) is 6. The summed E-state index contributed by atoms with van der Waals surface area (Å²) < 4.78 is 38.9. The van der Waals surface area contributed by atoms with Gasteiger partial charge in [0.1, 0.15) is 11.9 Å². The number of carbonyl (C=O) groups is 1. The van der Waals surface area contributed by atoms with E-state index in [0.717, 1.165) is 5.56 Å². The first kappa shape index (κ1) is 21.8. The van der Waals surface area contributed by atoms with Crippen LogP contribution in [-0.4, -0.2) is 81.5 Å². The first-order chi connectivity index (χ1) is 15.0. The highest BCUT2D eigenvalue weighted by atomic mass is 32.2. The molecule has 9 heteroatoms. The third-order valence-corrected chi connectivity index (χ3v) is 7.54. The van der Waals surface area contributed by atoms with E-state index in [0.29, 0.717) is 38.6 Å². The third-order valence-electron chi connectivity index (χ3n) is 5.68. The minimum Gasteiger partial charge on any atom is -0.497 e. The largest absolute Gasteiger partial charge is 0.497 e. The first-order valence-corrected chi connectivity index (χ1v) is 11.7. The molecule has 0 aliphatic carbocycles. The fourth-order valence-electron chi connectivity index (χ4n) is 4.01. The molecular formula is C22H27N3O5S. The average Bonchev–Trinajstić information content (AvgIpc) is 3.27. The van der Waals surface area contributed by atoms with E-state index >= 15 is 0 Å². The SMILES string of the molecule is COc1ccc([C@@H]2N(C(=O)CN3CCOCC3)CCN2S(=O)(=O)c2ccccc2)cc1. The second-order valence-corrected chi connectivity index (χ2v) is 9.44. The molecule has 8 nitrogen and oxygen atoms in total. The summed E-state index contributed by atoms with van der Waals surface area (Å²) in [4.78, 5) is 17.2. The zero-order valence-corrected chi connectivity index (χ0v) is 18.3. The highest BCUT2D eigenvalue weighted by molar-refractivity contribution is 7.89. The maximum Gasteiger partial charge on any atom is 0.245 e. The number of hydrogen-bond donors (Lipinski definition) is 0. The Kier molecular flexibility index (Phi) is 6.57. The van der Waals surface area contributed by atoms with Crippen molar-refractivity contribution < 1.29 is 22.7 Å². The molecule has 31 heavy (non-hydrogen) atoms. The van der Waals surface area contributed by atoms with Gasteiger partial charge in [-0.1, -0.05) is 30.3 Å². The Balaban J connectivity index is 1.65. The van der Waals surface area contributed by atoms with Crippen LogP contribution >= 0.6 is 0 Å². The minimum atomic E-state index is -3.78. The molecule has 0 N–H and O–H groups in total. The van der Waals surface area contributed by atoms with Crippen LogP contribution in [0.2, 0.25) is 0 Å². The van der Waals surface area contributed by atoms with Crippen molar-refractivity contribution in [2.45, 2.75) is 11.1 Å². The fourth-order valence-corrected chi connectivity index (χ4v) is 5.60. The summed E-state index contributed by atoms with van der Waals surface area (Å²) in [6.45, 7) is 3.41. The van der Waals surface area contributed by atoms with Crippen LogP contribution in [0.15, 0.2) is 59.5 Å². The topological polar surface area (TPSA) is 79.4 Å². The van der Waals surface area contributed by atoms with E-state index < -0.39 is 16.2 Å². The van der Waals surface area contributed by atoms with Gasteiger partial charge in [-0.25, -0.2) is 8.42 Å². The molecule has 0 unspecified atom stereocenters. The van der Waals surface area contributed by atoms with E-state index in [4.69, 9.17) is 9.47 Å².